The summed E-state index contributed by atoms with van der Waals surface area (Å²) in [5, 5.41) is 8.58. The molecular formula is C14H15N3O4S3. The first-order valence-electron chi connectivity index (χ1n) is 7.03. The maximum absolute atomic E-state index is 12.5. The fourth-order valence-electron chi connectivity index (χ4n) is 2.43. The zero-order valence-electron chi connectivity index (χ0n) is 12.7. The van der Waals surface area contributed by atoms with E-state index in [0.29, 0.717) is 4.31 Å². The number of nitrogens with zero attached hydrogens (tertiary/aromatic N) is 2. The molecule has 0 unspecified atom stereocenters. The van der Waals surface area contributed by atoms with E-state index in [1.165, 1.54) is 22.7 Å². The number of imide groups is 1. The minimum Gasteiger partial charge on any atom is -0.326 e. The number of carbonyl (C=O) groups is 2. The summed E-state index contributed by atoms with van der Waals surface area (Å²) < 4.78 is 23.8. The van der Waals surface area contributed by atoms with E-state index in [4.69, 9.17) is 0 Å². The van der Waals surface area contributed by atoms with E-state index in [0.717, 1.165) is 21.6 Å². The van der Waals surface area contributed by atoms with Gasteiger partial charge in [0.05, 0.1) is 25.4 Å². The van der Waals surface area contributed by atoms with Crippen molar-refractivity contribution in [2.75, 3.05) is 19.3 Å². The Hall–Kier alpha value is -1.91. The molecule has 10 heteroatoms. The summed E-state index contributed by atoms with van der Waals surface area (Å²) in [5.74, 6) is 0. The summed E-state index contributed by atoms with van der Waals surface area (Å²) in [6.45, 7) is 0.0196. The first kappa shape index (κ1) is 16.9. The van der Waals surface area contributed by atoms with Gasteiger partial charge in [0.25, 0.3) is 0 Å². The Balaban J connectivity index is 1.79. The van der Waals surface area contributed by atoms with Crippen LogP contribution in [0.15, 0.2) is 34.3 Å². The molecule has 1 N–H and O–H groups in total. The molecule has 7 nitrogen and oxygen atoms in total. The van der Waals surface area contributed by atoms with E-state index in [2.05, 4.69) is 5.32 Å². The first-order chi connectivity index (χ1) is 11.4. The van der Waals surface area contributed by atoms with Gasteiger partial charge in [-0.05, 0) is 33.8 Å². The molecule has 1 saturated heterocycles. The lowest BCUT2D eigenvalue weighted by atomic mass is 10.1. The minimum atomic E-state index is -3.67. The van der Waals surface area contributed by atoms with Crippen molar-refractivity contribution in [1.82, 2.24) is 14.5 Å². The molecule has 1 fully saturated rings. The summed E-state index contributed by atoms with van der Waals surface area (Å²) in [6, 6.07) is 3.91. The van der Waals surface area contributed by atoms with Gasteiger partial charge < -0.3 is 5.32 Å². The Bertz CT molecular complexity index is 797. The standard InChI is InChI=1S/C14H15N3O4S3/c1-24(20,21)17-6-5-16(14(17)19)13(18)15-12(10-4-8-22-9-10)11-3-2-7-23-11/h2-4,7-9,12H,5-6H2,1H3,(H,15,18)/t12-/m0/s1. The van der Waals surface area contributed by atoms with E-state index in [-0.39, 0.29) is 19.1 Å². The van der Waals surface area contributed by atoms with Gasteiger partial charge in [-0.3, -0.25) is 0 Å². The van der Waals surface area contributed by atoms with Gasteiger partial charge in [-0.15, -0.1) is 11.3 Å². The average Bonchev–Trinajstić information content (AvgIpc) is 3.25. The van der Waals surface area contributed by atoms with Crippen LogP contribution < -0.4 is 5.32 Å². The number of urea groups is 2. The van der Waals surface area contributed by atoms with Gasteiger partial charge in [0.2, 0.25) is 10.0 Å². The summed E-state index contributed by atoms with van der Waals surface area (Å²) in [4.78, 5) is 26.5. The van der Waals surface area contributed by atoms with Crippen molar-refractivity contribution in [2.45, 2.75) is 6.04 Å². The van der Waals surface area contributed by atoms with Crippen molar-refractivity contribution in [3.8, 4) is 0 Å². The molecule has 128 valence electrons. The fourth-order valence-corrected chi connectivity index (χ4v) is 4.71. The zero-order chi connectivity index (χ0) is 17.3. The van der Waals surface area contributed by atoms with E-state index in [9.17, 15) is 18.0 Å². The maximum atomic E-state index is 12.5. The Morgan fingerprint density at radius 2 is 2.08 bits per heavy atom. The monoisotopic (exact) mass is 385 g/mol. The largest absolute Gasteiger partial charge is 0.341 e. The lowest BCUT2D eigenvalue weighted by molar-refractivity contribution is 0.192. The van der Waals surface area contributed by atoms with Crippen LogP contribution >= 0.6 is 22.7 Å². The number of rotatable bonds is 4. The molecule has 3 heterocycles. The van der Waals surface area contributed by atoms with Crippen molar-refractivity contribution >= 4 is 44.8 Å². The Morgan fingerprint density at radius 3 is 2.62 bits per heavy atom. The quantitative estimate of drug-likeness (QED) is 0.875. The third kappa shape index (κ3) is 3.30. The number of hydrogen-bond acceptors (Lipinski definition) is 6. The van der Waals surface area contributed by atoms with Crippen molar-refractivity contribution in [3.63, 3.8) is 0 Å². The van der Waals surface area contributed by atoms with E-state index in [1.54, 1.807) is 0 Å². The van der Waals surface area contributed by atoms with Crippen LogP contribution in [0.1, 0.15) is 16.5 Å². The molecule has 1 aliphatic rings. The topological polar surface area (TPSA) is 86.8 Å². The Morgan fingerprint density at radius 1 is 1.29 bits per heavy atom. The lowest BCUT2D eigenvalue weighted by Gasteiger charge is -2.21. The van der Waals surface area contributed by atoms with Gasteiger partial charge in [-0.2, -0.15) is 11.3 Å². The molecule has 0 saturated carbocycles. The van der Waals surface area contributed by atoms with Gasteiger partial charge >= 0.3 is 12.1 Å². The van der Waals surface area contributed by atoms with Crippen LogP contribution in [-0.4, -0.2) is 49.0 Å². The van der Waals surface area contributed by atoms with Crippen molar-refractivity contribution in [1.29, 1.82) is 0 Å². The number of hydrogen-bond donors (Lipinski definition) is 1. The highest BCUT2D eigenvalue weighted by molar-refractivity contribution is 7.88. The molecule has 0 spiro atoms. The molecule has 0 aromatic carbocycles. The van der Waals surface area contributed by atoms with Gasteiger partial charge in [0, 0.05) is 4.88 Å². The van der Waals surface area contributed by atoms with Crippen LogP contribution in [0.3, 0.4) is 0 Å². The summed E-state index contributed by atoms with van der Waals surface area (Å²) >= 11 is 3.01. The molecule has 0 bridgehead atoms. The highest BCUT2D eigenvalue weighted by atomic mass is 32.2. The van der Waals surface area contributed by atoms with Crippen LogP contribution in [-0.2, 0) is 10.0 Å². The summed E-state index contributed by atoms with van der Waals surface area (Å²) in [6.07, 6.45) is 0.951. The van der Waals surface area contributed by atoms with Gasteiger partial charge in [0.15, 0.2) is 0 Å². The Kier molecular flexibility index (Phi) is 4.61. The molecular weight excluding hydrogens is 370 g/mol. The SMILES string of the molecule is CS(=O)(=O)N1CCN(C(=O)N[C@@H](c2ccsc2)c2cccs2)C1=O. The minimum absolute atomic E-state index is 0.0206. The lowest BCUT2D eigenvalue weighted by Crippen LogP contribution is -2.44. The second-order valence-electron chi connectivity index (χ2n) is 5.22. The highest BCUT2D eigenvalue weighted by Crippen LogP contribution is 2.28. The van der Waals surface area contributed by atoms with Crippen LogP contribution in [0.2, 0.25) is 0 Å². The van der Waals surface area contributed by atoms with Crippen LogP contribution in [0, 0.1) is 0 Å². The van der Waals surface area contributed by atoms with Crippen molar-refractivity contribution in [2.24, 2.45) is 0 Å². The third-order valence-electron chi connectivity index (χ3n) is 3.59. The summed E-state index contributed by atoms with van der Waals surface area (Å²) in [7, 11) is -3.67. The van der Waals surface area contributed by atoms with Crippen LogP contribution in [0.5, 0.6) is 0 Å². The predicted octanol–water partition coefficient (Wildman–Crippen LogP) is 2.31. The average molecular weight is 385 g/mol. The number of sulfonamides is 1. The third-order valence-corrected chi connectivity index (χ3v) is 6.37. The maximum Gasteiger partial charge on any atom is 0.341 e. The number of thiophene rings is 2. The van der Waals surface area contributed by atoms with Gasteiger partial charge in [-0.1, -0.05) is 6.07 Å². The second-order valence-corrected chi connectivity index (χ2v) is 8.89. The molecule has 0 radical (unpaired) electrons. The molecule has 3 rings (SSSR count). The van der Waals surface area contributed by atoms with E-state index >= 15 is 0 Å². The number of nitrogens with one attached hydrogen (secondary N) is 1. The van der Waals surface area contributed by atoms with Crippen molar-refractivity contribution in [3.05, 3.63) is 44.8 Å². The molecule has 0 aliphatic carbocycles. The Labute approximate surface area is 147 Å². The molecule has 24 heavy (non-hydrogen) atoms. The van der Waals surface area contributed by atoms with Gasteiger partial charge in [0.1, 0.15) is 0 Å². The second kappa shape index (κ2) is 6.54. The predicted molar refractivity (Wildman–Crippen MR) is 92.7 cm³/mol. The highest BCUT2D eigenvalue weighted by Gasteiger charge is 2.38. The molecule has 1 atom stereocenters. The van der Waals surface area contributed by atoms with Gasteiger partial charge in [-0.25, -0.2) is 27.2 Å². The van der Waals surface area contributed by atoms with Crippen molar-refractivity contribution < 1.29 is 18.0 Å². The van der Waals surface area contributed by atoms with E-state index < -0.39 is 22.1 Å². The first-order valence-corrected chi connectivity index (χ1v) is 10.7. The van der Waals surface area contributed by atoms with Crippen LogP contribution in [0.25, 0.3) is 0 Å². The fraction of sp³-hybridized carbons (Fsp3) is 0.286. The molecule has 1 aliphatic heterocycles. The van der Waals surface area contributed by atoms with Crippen LogP contribution in [0.4, 0.5) is 9.59 Å². The zero-order valence-corrected chi connectivity index (χ0v) is 15.2. The smallest absolute Gasteiger partial charge is 0.326 e. The summed E-state index contributed by atoms with van der Waals surface area (Å²) in [5.41, 5.74) is 0.919. The number of amides is 4. The molecule has 4 amide bonds. The normalized spacial score (nSPS) is 16.5. The van der Waals surface area contributed by atoms with E-state index in [1.807, 2.05) is 34.3 Å². The molecule has 2 aromatic rings. The number of carbonyl (C=O) groups excluding carboxylic acids is 2. The molecule has 2 aromatic heterocycles.